The number of hydrogen-bond acceptors (Lipinski definition) is 3. The van der Waals surface area contributed by atoms with Crippen LogP contribution in [0.2, 0.25) is 0 Å². The Labute approximate surface area is 121 Å². The average molecular weight is 275 g/mol. The van der Waals surface area contributed by atoms with E-state index in [9.17, 15) is 4.79 Å². The third-order valence-corrected chi connectivity index (χ3v) is 3.86. The van der Waals surface area contributed by atoms with Gasteiger partial charge in [0.05, 0.1) is 5.41 Å². The van der Waals surface area contributed by atoms with E-state index < -0.39 is 0 Å². The zero-order valence-corrected chi connectivity index (χ0v) is 12.7. The van der Waals surface area contributed by atoms with Crippen molar-refractivity contribution in [2.45, 2.75) is 26.3 Å². The molecule has 1 fully saturated rings. The maximum Gasteiger partial charge on any atom is 0.231 e. The molecule has 0 bridgehead atoms. The molecule has 20 heavy (non-hydrogen) atoms. The van der Waals surface area contributed by atoms with E-state index in [0.29, 0.717) is 0 Å². The lowest BCUT2D eigenvalue weighted by Gasteiger charge is -2.32. The highest BCUT2D eigenvalue weighted by molar-refractivity contribution is 5.95. The van der Waals surface area contributed by atoms with E-state index in [0.717, 1.165) is 38.2 Å². The van der Waals surface area contributed by atoms with Crippen molar-refractivity contribution in [3.63, 3.8) is 0 Å². The molecule has 0 saturated carbocycles. The molecule has 1 amide bonds. The summed E-state index contributed by atoms with van der Waals surface area (Å²) in [5.74, 6) is 0.116. The van der Waals surface area contributed by atoms with Crippen molar-refractivity contribution >= 4 is 11.6 Å². The number of nitrogens with zero attached hydrogens (tertiary/aromatic N) is 1. The second-order valence-electron chi connectivity index (χ2n) is 6.23. The number of piperidine rings is 1. The maximum absolute atomic E-state index is 12.4. The molecule has 1 heterocycles. The van der Waals surface area contributed by atoms with Crippen LogP contribution in [-0.2, 0) is 11.3 Å². The predicted octanol–water partition coefficient (Wildman–Crippen LogP) is 2.08. The van der Waals surface area contributed by atoms with Gasteiger partial charge in [0.25, 0.3) is 0 Å². The van der Waals surface area contributed by atoms with Gasteiger partial charge in [-0.1, -0.05) is 12.1 Å². The molecule has 0 aromatic heterocycles. The van der Waals surface area contributed by atoms with Crippen molar-refractivity contribution in [3.8, 4) is 0 Å². The average Bonchev–Trinajstić information content (AvgIpc) is 2.41. The minimum absolute atomic E-state index is 0.116. The summed E-state index contributed by atoms with van der Waals surface area (Å²) in [6.07, 6.45) is 2.01. The summed E-state index contributed by atoms with van der Waals surface area (Å²) >= 11 is 0. The molecule has 1 aromatic rings. The van der Waals surface area contributed by atoms with Crippen LogP contribution in [0.25, 0.3) is 0 Å². The smallest absolute Gasteiger partial charge is 0.231 e. The largest absolute Gasteiger partial charge is 0.326 e. The van der Waals surface area contributed by atoms with Crippen LogP contribution in [0.5, 0.6) is 0 Å². The van der Waals surface area contributed by atoms with Crippen molar-refractivity contribution in [2.24, 2.45) is 5.41 Å². The van der Waals surface area contributed by atoms with E-state index in [1.807, 2.05) is 33.2 Å². The molecule has 2 N–H and O–H groups in total. The molecule has 4 nitrogen and oxygen atoms in total. The molecule has 1 aliphatic heterocycles. The minimum atomic E-state index is -0.291. The molecule has 0 aliphatic carbocycles. The van der Waals surface area contributed by atoms with Crippen LogP contribution < -0.4 is 10.6 Å². The van der Waals surface area contributed by atoms with Crippen LogP contribution in [0, 0.1) is 5.41 Å². The standard InChI is InChI=1S/C16H25N3O/c1-16(9-4-10-17-12-16)15(20)18-14-7-5-13(6-8-14)11-19(2)3/h5-8,17H,4,9-12H2,1-3H3,(H,18,20). The Kier molecular flexibility index (Phi) is 4.78. The van der Waals surface area contributed by atoms with Gasteiger partial charge in [0, 0.05) is 18.8 Å². The van der Waals surface area contributed by atoms with Gasteiger partial charge in [-0.3, -0.25) is 4.79 Å². The fraction of sp³-hybridized carbons (Fsp3) is 0.562. The summed E-state index contributed by atoms with van der Waals surface area (Å²) in [5.41, 5.74) is 1.84. The monoisotopic (exact) mass is 275 g/mol. The highest BCUT2D eigenvalue weighted by Gasteiger charge is 2.34. The Morgan fingerprint density at radius 2 is 2.05 bits per heavy atom. The van der Waals surface area contributed by atoms with Gasteiger partial charge in [-0.25, -0.2) is 0 Å². The number of benzene rings is 1. The highest BCUT2D eigenvalue weighted by atomic mass is 16.2. The quantitative estimate of drug-likeness (QED) is 0.884. The number of nitrogens with one attached hydrogen (secondary N) is 2. The zero-order chi connectivity index (χ0) is 14.6. The minimum Gasteiger partial charge on any atom is -0.326 e. The lowest BCUT2D eigenvalue weighted by Crippen LogP contribution is -2.46. The first kappa shape index (κ1) is 15.0. The van der Waals surface area contributed by atoms with E-state index in [-0.39, 0.29) is 11.3 Å². The predicted molar refractivity (Wildman–Crippen MR) is 82.7 cm³/mol. The van der Waals surface area contributed by atoms with Crippen LogP contribution in [0.1, 0.15) is 25.3 Å². The second kappa shape index (κ2) is 6.37. The van der Waals surface area contributed by atoms with Crippen LogP contribution in [0.4, 0.5) is 5.69 Å². The van der Waals surface area contributed by atoms with E-state index >= 15 is 0 Å². The summed E-state index contributed by atoms with van der Waals surface area (Å²) < 4.78 is 0. The Balaban J connectivity index is 1.97. The highest BCUT2D eigenvalue weighted by Crippen LogP contribution is 2.27. The molecule has 110 valence electrons. The van der Waals surface area contributed by atoms with E-state index in [2.05, 4.69) is 27.7 Å². The van der Waals surface area contributed by atoms with E-state index in [4.69, 9.17) is 0 Å². The molecule has 2 rings (SSSR count). The first-order valence-electron chi connectivity index (χ1n) is 7.25. The van der Waals surface area contributed by atoms with Crippen molar-refractivity contribution < 1.29 is 4.79 Å². The summed E-state index contributed by atoms with van der Waals surface area (Å²) in [4.78, 5) is 14.5. The Morgan fingerprint density at radius 1 is 1.35 bits per heavy atom. The molecule has 0 spiro atoms. The zero-order valence-electron chi connectivity index (χ0n) is 12.7. The molecular weight excluding hydrogens is 250 g/mol. The van der Waals surface area contributed by atoms with Gasteiger partial charge in [-0.2, -0.15) is 0 Å². The number of rotatable bonds is 4. The van der Waals surface area contributed by atoms with Gasteiger partial charge in [0.2, 0.25) is 5.91 Å². The molecular formula is C16H25N3O. The second-order valence-corrected chi connectivity index (χ2v) is 6.23. The lowest BCUT2D eigenvalue weighted by atomic mass is 9.82. The molecule has 0 radical (unpaired) electrons. The van der Waals surface area contributed by atoms with E-state index in [1.165, 1.54) is 5.56 Å². The van der Waals surface area contributed by atoms with Gasteiger partial charge in [-0.05, 0) is 58.1 Å². The number of anilines is 1. The fourth-order valence-electron chi connectivity index (χ4n) is 2.59. The van der Waals surface area contributed by atoms with Crippen LogP contribution in [-0.4, -0.2) is 38.0 Å². The first-order valence-corrected chi connectivity index (χ1v) is 7.25. The SMILES string of the molecule is CN(C)Cc1ccc(NC(=O)C2(C)CCCNC2)cc1. The number of hydrogen-bond donors (Lipinski definition) is 2. The van der Waals surface area contributed by atoms with Gasteiger partial charge in [-0.15, -0.1) is 0 Å². The van der Waals surface area contributed by atoms with Crippen molar-refractivity contribution in [2.75, 3.05) is 32.5 Å². The first-order chi connectivity index (χ1) is 9.49. The van der Waals surface area contributed by atoms with Crippen LogP contribution >= 0.6 is 0 Å². The fourth-order valence-corrected chi connectivity index (χ4v) is 2.59. The third kappa shape index (κ3) is 3.81. The lowest BCUT2D eigenvalue weighted by molar-refractivity contribution is -0.125. The van der Waals surface area contributed by atoms with Crippen molar-refractivity contribution in [1.82, 2.24) is 10.2 Å². The number of carbonyl (C=O) groups is 1. The molecule has 1 atom stereocenters. The van der Waals surface area contributed by atoms with Gasteiger partial charge < -0.3 is 15.5 Å². The summed E-state index contributed by atoms with van der Waals surface area (Å²) in [6, 6.07) is 8.10. The number of amides is 1. The van der Waals surface area contributed by atoms with Gasteiger partial charge in [0.15, 0.2) is 0 Å². The molecule has 1 unspecified atom stereocenters. The van der Waals surface area contributed by atoms with Crippen LogP contribution in [0.15, 0.2) is 24.3 Å². The van der Waals surface area contributed by atoms with Crippen LogP contribution in [0.3, 0.4) is 0 Å². The summed E-state index contributed by atoms with van der Waals surface area (Å²) in [5, 5.41) is 6.35. The van der Waals surface area contributed by atoms with Gasteiger partial charge in [0.1, 0.15) is 0 Å². The van der Waals surface area contributed by atoms with Crippen molar-refractivity contribution in [1.29, 1.82) is 0 Å². The summed E-state index contributed by atoms with van der Waals surface area (Å²) in [6.45, 7) is 4.73. The Hall–Kier alpha value is -1.39. The number of carbonyl (C=O) groups excluding carboxylic acids is 1. The topological polar surface area (TPSA) is 44.4 Å². The third-order valence-electron chi connectivity index (χ3n) is 3.86. The molecule has 4 heteroatoms. The summed E-state index contributed by atoms with van der Waals surface area (Å²) in [7, 11) is 4.10. The Bertz CT molecular complexity index is 447. The normalized spacial score (nSPS) is 22.8. The molecule has 1 aromatic carbocycles. The molecule has 1 saturated heterocycles. The molecule has 1 aliphatic rings. The van der Waals surface area contributed by atoms with Crippen molar-refractivity contribution in [3.05, 3.63) is 29.8 Å². The maximum atomic E-state index is 12.4. The Morgan fingerprint density at radius 3 is 2.60 bits per heavy atom. The van der Waals surface area contributed by atoms with E-state index in [1.54, 1.807) is 0 Å². The van der Waals surface area contributed by atoms with Gasteiger partial charge >= 0.3 is 0 Å².